The van der Waals surface area contributed by atoms with Crippen LogP contribution in [0.5, 0.6) is 5.88 Å². The third-order valence-electron chi connectivity index (χ3n) is 5.22. The highest BCUT2D eigenvalue weighted by atomic mass is 16.8. The Bertz CT molecular complexity index is 978. The van der Waals surface area contributed by atoms with Gasteiger partial charge in [-0.2, -0.15) is 10.2 Å². The van der Waals surface area contributed by atoms with Gasteiger partial charge in [0.15, 0.2) is 5.69 Å². The Morgan fingerprint density at radius 1 is 1.26 bits per heavy atom. The zero-order valence-electron chi connectivity index (χ0n) is 17.2. The molecular weight excluding hydrogens is 402 g/mol. The van der Waals surface area contributed by atoms with Crippen LogP contribution in [0.3, 0.4) is 0 Å². The van der Waals surface area contributed by atoms with Crippen LogP contribution in [0.2, 0.25) is 0 Å². The highest BCUT2D eigenvalue weighted by molar-refractivity contribution is 5.60. The van der Waals surface area contributed by atoms with Gasteiger partial charge in [0.1, 0.15) is 6.61 Å². The monoisotopic (exact) mass is 427 g/mol. The van der Waals surface area contributed by atoms with Gasteiger partial charge in [0, 0.05) is 32.0 Å². The summed E-state index contributed by atoms with van der Waals surface area (Å²) >= 11 is 0. The fourth-order valence-electron chi connectivity index (χ4n) is 3.66. The number of benzene rings is 1. The Morgan fingerprint density at radius 2 is 2.10 bits per heavy atom. The fraction of sp³-hybridized carbons (Fsp3) is 0.381. The smallest absolute Gasteiger partial charge is 0.244 e. The normalized spacial score (nSPS) is 17.7. The molecule has 31 heavy (non-hydrogen) atoms. The number of methoxy groups -OCH3 is 1. The van der Waals surface area contributed by atoms with Gasteiger partial charge in [0.05, 0.1) is 18.2 Å². The molecule has 2 unspecified atom stereocenters. The van der Waals surface area contributed by atoms with Crippen LogP contribution in [0.4, 0.5) is 5.69 Å². The Kier molecular flexibility index (Phi) is 6.85. The SMILES string of the molecule is COCCOc1ncccc1-c1noc(C2CCCN2Cc2ccc([NH+]([O-])O)cc2)n1. The molecule has 2 atom stereocenters. The minimum absolute atomic E-state index is 0.00920. The summed E-state index contributed by atoms with van der Waals surface area (Å²) in [6.45, 7) is 2.42. The molecule has 0 aliphatic carbocycles. The number of likely N-dealkylation sites (tertiary alicyclic amines) is 1. The average molecular weight is 427 g/mol. The van der Waals surface area contributed by atoms with Crippen LogP contribution in [0.15, 0.2) is 47.1 Å². The summed E-state index contributed by atoms with van der Waals surface area (Å²) in [7, 11) is 1.61. The maximum absolute atomic E-state index is 11.1. The van der Waals surface area contributed by atoms with Crippen molar-refractivity contribution < 1.29 is 24.4 Å². The highest BCUT2D eigenvalue weighted by Gasteiger charge is 2.31. The van der Waals surface area contributed by atoms with E-state index >= 15 is 0 Å². The van der Waals surface area contributed by atoms with E-state index in [1.165, 1.54) is 0 Å². The number of hydrogen-bond donors (Lipinski definition) is 2. The number of rotatable bonds is 9. The lowest BCUT2D eigenvalue weighted by molar-refractivity contribution is -0.991. The number of hydrogen-bond acceptors (Lipinski definition) is 9. The predicted molar refractivity (Wildman–Crippen MR) is 110 cm³/mol. The Labute approximate surface area is 179 Å². The van der Waals surface area contributed by atoms with E-state index in [1.807, 2.05) is 18.2 Å². The van der Waals surface area contributed by atoms with Crippen molar-refractivity contribution in [2.45, 2.75) is 25.4 Å². The van der Waals surface area contributed by atoms with E-state index in [2.05, 4.69) is 20.0 Å². The average Bonchev–Trinajstić information content (AvgIpc) is 3.44. The zero-order chi connectivity index (χ0) is 21.6. The molecule has 10 heteroatoms. The van der Waals surface area contributed by atoms with Gasteiger partial charge in [0.25, 0.3) is 0 Å². The van der Waals surface area contributed by atoms with Crippen LogP contribution in [-0.4, -0.2) is 52.1 Å². The Hall–Kier alpha value is -2.89. The summed E-state index contributed by atoms with van der Waals surface area (Å²) in [5.74, 6) is 1.43. The fourth-order valence-corrected chi connectivity index (χ4v) is 3.66. The molecular formula is C21H25N5O5. The van der Waals surface area contributed by atoms with Crippen LogP contribution in [0.25, 0.3) is 11.4 Å². The third-order valence-corrected chi connectivity index (χ3v) is 5.22. The number of nitrogens with one attached hydrogen (secondary N) is 1. The van der Waals surface area contributed by atoms with Crippen molar-refractivity contribution in [2.75, 3.05) is 26.9 Å². The first-order chi connectivity index (χ1) is 15.2. The zero-order valence-corrected chi connectivity index (χ0v) is 17.2. The molecule has 2 N–H and O–H groups in total. The van der Waals surface area contributed by atoms with Crippen molar-refractivity contribution in [1.29, 1.82) is 0 Å². The summed E-state index contributed by atoms with van der Waals surface area (Å²) in [5.41, 5.74) is 1.99. The molecule has 0 radical (unpaired) electrons. The number of quaternary nitrogens is 1. The first-order valence-corrected chi connectivity index (χ1v) is 10.1. The molecule has 1 aliphatic rings. The van der Waals surface area contributed by atoms with E-state index in [0.29, 0.717) is 42.9 Å². The van der Waals surface area contributed by atoms with Crippen LogP contribution in [-0.2, 0) is 11.3 Å². The van der Waals surface area contributed by atoms with Crippen LogP contribution in [0.1, 0.15) is 30.3 Å². The van der Waals surface area contributed by atoms with E-state index in [4.69, 9.17) is 19.2 Å². The van der Waals surface area contributed by atoms with Gasteiger partial charge < -0.3 is 19.2 Å². The number of pyridine rings is 1. The largest absolute Gasteiger partial charge is 0.595 e. The third kappa shape index (κ3) is 5.06. The lowest BCUT2D eigenvalue weighted by Crippen LogP contribution is -2.99. The van der Waals surface area contributed by atoms with Gasteiger partial charge >= 0.3 is 0 Å². The van der Waals surface area contributed by atoms with Gasteiger partial charge in [-0.3, -0.25) is 4.90 Å². The first-order valence-electron chi connectivity index (χ1n) is 10.1. The molecule has 1 fully saturated rings. The van der Waals surface area contributed by atoms with Crippen molar-refractivity contribution in [3.63, 3.8) is 0 Å². The van der Waals surface area contributed by atoms with Gasteiger partial charge in [-0.15, -0.1) is 0 Å². The minimum atomic E-state index is -0.926. The lowest BCUT2D eigenvalue weighted by Gasteiger charge is -2.21. The van der Waals surface area contributed by atoms with Gasteiger partial charge in [0.2, 0.25) is 17.6 Å². The summed E-state index contributed by atoms with van der Waals surface area (Å²) in [5, 5.41) is 23.4. The van der Waals surface area contributed by atoms with E-state index in [-0.39, 0.29) is 11.7 Å². The van der Waals surface area contributed by atoms with Crippen molar-refractivity contribution in [3.8, 4) is 17.3 Å². The number of ether oxygens (including phenoxy) is 2. The molecule has 0 amide bonds. The molecule has 1 saturated heterocycles. The maximum Gasteiger partial charge on any atom is 0.244 e. The van der Waals surface area contributed by atoms with E-state index in [9.17, 15) is 5.21 Å². The van der Waals surface area contributed by atoms with Gasteiger partial charge in [-0.25, -0.2) is 10.2 Å². The molecule has 1 aliphatic heterocycles. The molecule has 0 saturated carbocycles. The Balaban J connectivity index is 1.48. The molecule has 4 rings (SSSR count). The summed E-state index contributed by atoms with van der Waals surface area (Å²) in [6, 6.07) is 10.6. The Morgan fingerprint density at radius 3 is 2.87 bits per heavy atom. The van der Waals surface area contributed by atoms with E-state index in [0.717, 1.165) is 24.9 Å². The van der Waals surface area contributed by atoms with Crippen LogP contribution in [0, 0.1) is 5.21 Å². The first kappa shape index (κ1) is 21.3. The van der Waals surface area contributed by atoms with Crippen LogP contribution >= 0.6 is 0 Å². The van der Waals surface area contributed by atoms with Crippen LogP contribution < -0.4 is 9.96 Å². The topological polar surface area (TPSA) is 121 Å². The molecule has 164 valence electrons. The van der Waals surface area contributed by atoms with E-state index < -0.39 is 5.23 Å². The van der Waals surface area contributed by atoms with Crippen molar-refractivity contribution >= 4 is 5.69 Å². The lowest BCUT2D eigenvalue weighted by atomic mass is 10.1. The second-order valence-electron chi connectivity index (χ2n) is 7.28. The van der Waals surface area contributed by atoms with Crippen molar-refractivity contribution in [3.05, 3.63) is 59.3 Å². The number of nitrogens with zero attached hydrogens (tertiary/aromatic N) is 4. The standard InChI is InChI=1S/C21H25N5O5/c1-29-12-13-30-20-17(4-2-10-22-20)19-23-21(31-24-19)18-5-3-11-25(18)14-15-6-8-16(9-7-15)26(27)28/h2,4,6-10,18,26-27H,3,5,11-14H2,1H3. The number of aromatic nitrogens is 3. The molecule has 10 nitrogen and oxygen atoms in total. The maximum atomic E-state index is 11.1. The molecule has 0 spiro atoms. The molecule has 1 aromatic carbocycles. The van der Waals surface area contributed by atoms with Crippen molar-refractivity contribution in [2.24, 2.45) is 0 Å². The highest BCUT2D eigenvalue weighted by Crippen LogP contribution is 2.34. The van der Waals surface area contributed by atoms with Crippen molar-refractivity contribution in [1.82, 2.24) is 20.0 Å². The van der Waals surface area contributed by atoms with E-state index in [1.54, 1.807) is 31.5 Å². The molecule has 2 aromatic heterocycles. The predicted octanol–water partition coefficient (Wildman–Crippen LogP) is 1.90. The van der Waals surface area contributed by atoms with Gasteiger partial charge in [-0.05, 0) is 37.1 Å². The minimum Gasteiger partial charge on any atom is -0.595 e. The molecule has 3 heterocycles. The molecule has 3 aromatic rings. The van der Waals surface area contributed by atoms with Gasteiger partial charge in [-0.1, -0.05) is 17.3 Å². The summed E-state index contributed by atoms with van der Waals surface area (Å²) in [4.78, 5) is 11.2. The molecule has 0 bridgehead atoms. The summed E-state index contributed by atoms with van der Waals surface area (Å²) < 4.78 is 16.3. The second kappa shape index (κ2) is 9.94. The second-order valence-corrected chi connectivity index (χ2v) is 7.28. The summed E-state index contributed by atoms with van der Waals surface area (Å²) in [6.07, 6.45) is 3.59. The quantitative estimate of drug-likeness (QED) is 0.389.